The van der Waals surface area contributed by atoms with E-state index in [-0.39, 0.29) is 5.91 Å². The van der Waals surface area contributed by atoms with Crippen LogP contribution in [-0.2, 0) is 0 Å². The number of carbonyl (C=O) groups is 1. The number of nitrogens with zero attached hydrogens (tertiary/aromatic N) is 1. The highest BCUT2D eigenvalue weighted by Gasteiger charge is 2.16. The van der Waals surface area contributed by atoms with Crippen LogP contribution in [0.4, 0.5) is 5.82 Å². The zero-order valence-corrected chi connectivity index (χ0v) is 11.6. The molecule has 0 aliphatic carbocycles. The lowest BCUT2D eigenvalue weighted by Gasteiger charge is -2.12. The summed E-state index contributed by atoms with van der Waals surface area (Å²) in [6, 6.07) is 8.73. The maximum Gasteiger partial charge on any atom is 0.260 e. The lowest BCUT2D eigenvalue weighted by atomic mass is 10.1. The van der Waals surface area contributed by atoms with E-state index in [9.17, 15) is 4.79 Å². The van der Waals surface area contributed by atoms with Gasteiger partial charge in [0, 0.05) is 6.20 Å². The quantitative estimate of drug-likeness (QED) is 0.929. The summed E-state index contributed by atoms with van der Waals surface area (Å²) in [6.07, 6.45) is 1.61. The Morgan fingerprint density at radius 1 is 1.15 bits per heavy atom. The minimum Gasteiger partial charge on any atom is -0.496 e. The largest absolute Gasteiger partial charge is 0.496 e. The molecule has 0 fully saturated rings. The fourth-order valence-electron chi connectivity index (χ4n) is 1.85. The average Bonchev–Trinajstić information content (AvgIpc) is 2.47. The Hall–Kier alpha value is -2.56. The number of anilines is 1. The van der Waals surface area contributed by atoms with Crippen LogP contribution in [0.1, 0.15) is 15.9 Å². The number of rotatable bonds is 4. The second kappa shape index (κ2) is 6.06. The molecule has 104 valence electrons. The SMILES string of the molecule is COc1cc(C(=O)Nc2ccccn2)c(OC)cc1C. The minimum atomic E-state index is -0.293. The number of methoxy groups -OCH3 is 2. The van der Waals surface area contributed by atoms with Crippen molar-refractivity contribution in [2.75, 3.05) is 19.5 Å². The molecule has 2 rings (SSSR count). The van der Waals surface area contributed by atoms with Crippen molar-refractivity contribution in [1.29, 1.82) is 0 Å². The van der Waals surface area contributed by atoms with Gasteiger partial charge in [-0.1, -0.05) is 6.07 Å². The number of benzene rings is 1. The number of hydrogen-bond donors (Lipinski definition) is 1. The van der Waals surface area contributed by atoms with Gasteiger partial charge >= 0.3 is 0 Å². The normalized spacial score (nSPS) is 9.95. The van der Waals surface area contributed by atoms with Gasteiger partial charge in [-0.2, -0.15) is 0 Å². The van der Waals surface area contributed by atoms with Crippen molar-refractivity contribution in [2.24, 2.45) is 0 Å². The molecule has 1 heterocycles. The van der Waals surface area contributed by atoms with Crippen LogP contribution in [0.3, 0.4) is 0 Å². The molecule has 0 spiro atoms. The molecule has 1 aromatic heterocycles. The summed E-state index contributed by atoms with van der Waals surface area (Å²) >= 11 is 0. The van der Waals surface area contributed by atoms with E-state index in [0.29, 0.717) is 22.9 Å². The van der Waals surface area contributed by atoms with Crippen LogP contribution in [-0.4, -0.2) is 25.1 Å². The molecule has 0 radical (unpaired) electrons. The predicted octanol–water partition coefficient (Wildman–Crippen LogP) is 2.66. The summed E-state index contributed by atoms with van der Waals surface area (Å²) in [6.45, 7) is 1.89. The van der Waals surface area contributed by atoms with Crippen LogP contribution in [0.2, 0.25) is 0 Å². The number of hydrogen-bond acceptors (Lipinski definition) is 4. The predicted molar refractivity (Wildman–Crippen MR) is 76.5 cm³/mol. The molecule has 5 nitrogen and oxygen atoms in total. The lowest BCUT2D eigenvalue weighted by molar-refractivity contribution is 0.102. The molecular formula is C15H16N2O3. The molecule has 20 heavy (non-hydrogen) atoms. The van der Waals surface area contributed by atoms with Crippen molar-refractivity contribution >= 4 is 11.7 Å². The van der Waals surface area contributed by atoms with Crippen LogP contribution < -0.4 is 14.8 Å². The van der Waals surface area contributed by atoms with Crippen LogP contribution in [0.25, 0.3) is 0 Å². The highest BCUT2D eigenvalue weighted by molar-refractivity contribution is 6.06. The average molecular weight is 272 g/mol. The van der Waals surface area contributed by atoms with E-state index in [1.54, 1.807) is 43.6 Å². The first-order valence-electron chi connectivity index (χ1n) is 6.10. The fraction of sp³-hybridized carbons (Fsp3) is 0.200. The molecule has 0 aliphatic rings. The van der Waals surface area contributed by atoms with Crippen molar-refractivity contribution in [3.63, 3.8) is 0 Å². The summed E-state index contributed by atoms with van der Waals surface area (Å²) in [7, 11) is 3.09. The van der Waals surface area contributed by atoms with Crippen LogP contribution in [0.15, 0.2) is 36.5 Å². The van der Waals surface area contributed by atoms with Crippen LogP contribution >= 0.6 is 0 Å². The number of aryl methyl sites for hydroxylation is 1. The molecule has 0 saturated heterocycles. The van der Waals surface area contributed by atoms with Crippen molar-refractivity contribution in [1.82, 2.24) is 4.98 Å². The number of carbonyl (C=O) groups excluding carboxylic acids is 1. The Morgan fingerprint density at radius 2 is 1.90 bits per heavy atom. The molecule has 0 bridgehead atoms. The van der Waals surface area contributed by atoms with Crippen molar-refractivity contribution in [2.45, 2.75) is 6.92 Å². The second-order valence-electron chi connectivity index (χ2n) is 4.19. The molecule has 1 amide bonds. The van der Waals surface area contributed by atoms with Gasteiger partial charge < -0.3 is 14.8 Å². The topological polar surface area (TPSA) is 60.5 Å². The number of ether oxygens (including phenoxy) is 2. The molecule has 5 heteroatoms. The molecule has 2 aromatic rings. The number of pyridine rings is 1. The minimum absolute atomic E-state index is 0.293. The molecule has 0 atom stereocenters. The maximum absolute atomic E-state index is 12.3. The number of amides is 1. The van der Waals surface area contributed by atoms with Gasteiger partial charge in [-0.05, 0) is 36.8 Å². The van der Waals surface area contributed by atoms with Gasteiger partial charge in [0.2, 0.25) is 0 Å². The van der Waals surface area contributed by atoms with E-state index in [1.807, 2.05) is 6.92 Å². The van der Waals surface area contributed by atoms with Gasteiger partial charge in [0.25, 0.3) is 5.91 Å². The number of aromatic nitrogens is 1. The Labute approximate surface area is 117 Å². The van der Waals surface area contributed by atoms with Gasteiger partial charge in [-0.15, -0.1) is 0 Å². The molecule has 0 saturated carbocycles. The molecule has 0 aliphatic heterocycles. The van der Waals surface area contributed by atoms with Crippen molar-refractivity contribution < 1.29 is 14.3 Å². The van der Waals surface area contributed by atoms with Gasteiger partial charge in [-0.3, -0.25) is 4.79 Å². The van der Waals surface area contributed by atoms with Crippen molar-refractivity contribution in [3.8, 4) is 11.5 Å². The van der Waals surface area contributed by atoms with Gasteiger partial charge in [0.15, 0.2) is 0 Å². The zero-order chi connectivity index (χ0) is 14.5. The third-order valence-electron chi connectivity index (χ3n) is 2.87. The summed E-state index contributed by atoms with van der Waals surface area (Å²) < 4.78 is 10.5. The molecule has 0 unspecified atom stereocenters. The molecular weight excluding hydrogens is 256 g/mol. The highest BCUT2D eigenvalue weighted by Crippen LogP contribution is 2.28. The maximum atomic E-state index is 12.3. The summed E-state index contributed by atoms with van der Waals surface area (Å²) in [5, 5.41) is 2.72. The van der Waals surface area contributed by atoms with E-state index in [1.165, 1.54) is 7.11 Å². The lowest BCUT2D eigenvalue weighted by Crippen LogP contribution is -2.14. The molecule has 1 N–H and O–H groups in total. The second-order valence-corrected chi connectivity index (χ2v) is 4.19. The third kappa shape index (κ3) is 2.88. The zero-order valence-electron chi connectivity index (χ0n) is 11.6. The smallest absolute Gasteiger partial charge is 0.260 e. The third-order valence-corrected chi connectivity index (χ3v) is 2.87. The van der Waals surface area contributed by atoms with E-state index in [0.717, 1.165) is 5.56 Å². The van der Waals surface area contributed by atoms with Crippen LogP contribution in [0, 0.1) is 6.92 Å². The summed E-state index contributed by atoms with van der Waals surface area (Å²) in [4.78, 5) is 16.3. The van der Waals surface area contributed by atoms with E-state index >= 15 is 0 Å². The van der Waals surface area contributed by atoms with E-state index in [4.69, 9.17) is 9.47 Å². The molecule has 1 aromatic carbocycles. The Bertz CT molecular complexity index is 612. The Kier molecular flexibility index (Phi) is 4.20. The van der Waals surface area contributed by atoms with Gasteiger partial charge in [0.05, 0.1) is 19.8 Å². The highest BCUT2D eigenvalue weighted by atomic mass is 16.5. The van der Waals surface area contributed by atoms with E-state index in [2.05, 4.69) is 10.3 Å². The van der Waals surface area contributed by atoms with E-state index < -0.39 is 0 Å². The first-order valence-corrected chi connectivity index (χ1v) is 6.10. The summed E-state index contributed by atoms with van der Waals surface area (Å²) in [5.41, 5.74) is 1.30. The summed E-state index contributed by atoms with van der Waals surface area (Å²) in [5.74, 6) is 1.33. The standard InChI is InChI=1S/C15H16N2O3/c1-10-8-13(20-3)11(9-12(10)19-2)15(18)17-14-6-4-5-7-16-14/h4-9H,1-3H3,(H,16,17,18). The fourth-order valence-corrected chi connectivity index (χ4v) is 1.85. The Balaban J connectivity index is 2.33. The number of nitrogens with one attached hydrogen (secondary N) is 1. The Morgan fingerprint density at radius 3 is 2.50 bits per heavy atom. The van der Waals surface area contributed by atoms with Crippen LogP contribution in [0.5, 0.6) is 11.5 Å². The van der Waals surface area contributed by atoms with Gasteiger partial charge in [0.1, 0.15) is 17.3 Å². The monoisotopic (exact) mass is 272 g/mol. The first kappa shape index (κ1) is 13.9. The van der Waals surface area contributed by atoms with Crippen molar-refractivity contribution in [3.05, 3.63) is 47.7 Å². The van der Waals surface area contributed by atoms with Gasteiger partial charge in [-0.25, -0.2) is 4.98 Å². The first-order chi connectivity index (χ1) is 9.65.